The molecular formula is C14H18F3NO2. The standard InChI is InChI=1S/C14H18F3NO2/c1-3-11(9-13(19)20-4-2)18-12-7-5-10(6-8-12)14(15,16)17/h5-8,11,18H,3-4,9H2,1-2H3. The SMILES string of the molecule is CCOC(=O)CC(CC)Nc1ccc(C(F)(F)F)cc1. The summed E-state index contributed by atoms with van der Waals surface area (Å²) >= 11 is 0. The summed E-state index contributed by atoms with van der Waals surface area (Å²) in [5, 5.41) is 3.03. The Morgan fingerprint density at radius 3 is 2.30 bits per heavy atom. The van der Waals surface area contributed by atoms with Crippen LogP contribution in [0, 0.1) is 0 Å². The number of esters is 1. The number of hydrogen-bond donors (Lipinski definition) is 1. The lowest BCUT2D eigenvalue weighted by atomic mass is 10.1. The molecule has 1 aromatic carbocycles. The van der Waals surface area contributed by atoms with Gasteiger partial charge in [0.1, 0.15) is 0 Å². The van der Waals surface area contributed by atoms with Crippen molar-refractivity contribution in [2.24, 2.45) is 0 Å². The highest BCUT2D eigenvalue weighted by atomic mass is 19.4. The number of nitrogens with one attached hydrogen (secondary N) is 1. The van der Waals surface area contributed by atoms with E-state index in [2.05, 4.69) is 5.32 Å². The van der Waals surface area contributed by atoms with E-state index in [-0.39, 0.29) is 18.4 Å². The molecule has 0 spiro atoms. The fourth-order valence-corrected chi connectivity index (χ4v) is 1.71. The molecule has 0 fully saturated rings. The van der Waals surface area contributed by atoms with Gasteiger partial charge in [0.15, 0.2) is 0 Å². The number of alkyl halides is 3. The normalized spacial score (nSPS) is 12.8. The molecule has 0 aliphatic heterocycles. The molecule has 6 heteroatoms. The minimum Gasteiger partial charge on any atom is -0.466 e. The van der Waals surface area contributed by atoms with Crippen LogP contribution in [0.25, 0.3) is 0 Å². The van der Waals surface area contributed by atoms with Crippen LogP contribution < -0.4 is 5.32 Å². The maximum Gasteiger partial charge on any atom is 0.416 e. The molecule has 0 radical (unpaired) electrons. The maximum atomic E-state index is 12.4. The van der Waals surface area contributed by atoms with E-state index >= 15 is 0 Å². The van der Waals surface area contributed by atoms with Gasteiger partial charge >= 0.3 is 12.1 Å². The van der Waals surface area contributed by atoms with Crippen LogP contribution in [0.1, 0.15) is 32.3 Å². The zero-order valence-electron chi connectivity index (χ0n) is 11.5. The lowest BCUT2D eigenvalue weighted by Crippen LogP contribution is -2.23. The fraction of sp³-hybridized carbons (Fsp3) is 0.500. The van der Waals surface area contributed by atoms with Crippen LogP contribution in [-0.2, 0) is 15.7 Å². The number of anilines is 1. The highest BCUT2D eigenvalue weighted by Gasteiger charge is 2.30. The second-order valence-corrected chi connectivity index (χ2v) is 4.33. The molecule has 1 rings (SSSR count). The first kappa shape index (κ1) is 16.3. The van der Waals surface area contributed by atoms with Gasteiger partial charge in [0.25, 0.3) is 0 Å². The Morgan fingerprint density at radius 2 is 1.85 bits per heavy atom. The Morgan fingerprint density at radius 1 is 1.25 bits per heavy atom. The van der Waals surface area contributed by atoms with Crippen LogP contribution >= 0.6 is 0 Å². The van der Waals surface area contributed by atoms with Gasteiger partial charge in [0.05, 0.1) is 18.6 Å². The molecule has 1 unspecified atom stereocenters. The number of hydrogen-bond acceptors (Lipinski definition) is 3. The second kappa shape index (κ2) is 7.17. The summed E-state index contributed by atoms with van der Waals surface area (Å²) in [7, 11) is 0. The minimum atomic E-state index is -4.34. The summed E-state index contributed by atoms with van der Waals surface area (Å²) in [6.45, 7) is 3.93. The van der Waals surface area contributed by atoms with Crippen LogP contribution in [0.15, 0.2) is 24.3 Å². The van der Waals surface area contributed by atoms with Gasteiger partial charge in [-0.2, -0.15) is 13.2 Å². The molecule has 0 aliphatic rings. The molecule has 1 N–H and O–H groups in total. The van der Waals surface area contributed by atoms with Crippen molar-refractivity contribution in [3.05, 3.63) is 29.8 Å². The Bertz CT molecular complexity index is 429. The van der Waals surface area contributed by atoms with Gasteiger partial charge in [-0.05, 0) is 37.6 Å². The molecular weight excluding hydrogens is 271 g/mol. The van der Waals surface area contributed by atoms with Crippen molar-refractivity contribution in [2.45, 2.75) is 38.9 Å². The monoisotopic (exact) mass is 289 g/mol. The van der Waals surface area contributed by atoms with E-state index < -0.39 is 11.7 Å². The quantitative estimate of drug-likeness (QED) is 0.808. The van der Waals surface area contributed by atoms with E-state index in [1.54, 1.807) is 6.92 Å². The number of ether oxygens (including phenoxy) is 1. The molecule has 20 heavy (non-hydrogen) atoms. The first-order valence-corrected chi connectivity index (χ1v) is 6.46. The lowest BCUT2D eigenvalue weighted by molar-refractivity contribution is -0.143. The van der Waals surface area contributed by atoms with E-state index in [4.69, 9.17) is 4.74 Å². The Kier molecular flexibility index (Phi) is 5.85. The number of carbonyl (C=O) groups excluding carboxylic acids is 1. The molecule has 0 saturated carbocycles. The molecule has 0 heterocycles. The van der Waals surface area contributed by atoms with Crippen LogP contribution in [0.3, 0.4) is 0 Å². The summed E-state index contributed by atoms with van der Waals surface area (Å²) in [6, 6.07) is 4.58. The number of halogens is 3. The molecule has 112 valence electrons. The molecule has 1 atom stereocenters. The lowest BCUT2D eigenvalue weighted by Gasteiger charge is -2.18. The average molecular weight is 289 g/mol. The van der Waals surface area contributed by atoms with Gasteiger partial charge < -0.3 is 10.1 Å². The van der Waals surface area contributed by atoms with Crippen molar-refractivity contribution in [1.29, 1.82) is 0 Å². The summed E-state index contributed by atoms with van der Waals surface area (Å²) in [5.41, 5.74) is -0.143. The van der Waals surface area contributed by atoms with Gasteiger partial charge in [0, 0.05) is 11.7 Å². The third kappa shape index (κ3) is 5.11. The molecule has 0 aromatic heterocycles. The Labute approximate surface area is 116 Å². The highest BCUT2D eigenvalue weighted by molar-refractivity contribution is 5.70. The Hall–Kier alpha value is -1.72. The van der Waals surface area contributed by atoms with Crippen LogP contribution in [-0.4, -0.2) is 18.6 Å². The number of benzene rings is 1. The van der Waals surface area contributed by atoms with E-state index in [9.17, 15) is 18.0 Å². The first-order chi connectivity index (χ1) is 9.36. The molecule has 0 aliphatic carbocycles. The van der Waals surface area contributed by atoms with Crippen molar-refractivity contribution in [1.82, 2.24) is 0 Å². The summed E-state index contributed by atoms with van der Waals surface area (Å²) in [4.78, 5) is 11.4. The van der Waals surface area contributed by atoms with E-state index in [0.29, 0.717) is 18.7 Å². The summed E-state index contributed by atoms with van der Waals surface area (Å²) in [6.07, 6.45) is -3.49. The summed E-state index contributed by atoms with van der Waals surface area (Å²) < 4.78 is 42.1. The van der Waals surface area contributed by atoms with Gasteiger partial charge in [-0.1, -0.05) is 6.92 Å². The second-order valence-electron chi connectivity index (χ2n) is 4.33. The van der Waals surface area contributed by atoms with Crippen molar-refractivity contribution in [3.63, 3.8) is 0 Å². The number of carbonyl (C=O) groups is 1. The summed E-state index contributed by atoms with van der Waals surface area (Å²) in [5.74, 6) is -0.321. The average Bonchev–Trinajstić information content (AvgIpc) is 2.37. The van der Waals surface area contributed by atoms with Gasteiger partial charge in [-0.25, -0.2) is 0 Å². The van der Waals surface area contributed by atoms with Crippen LogP contribution in [0.5, 0.6) is 0 Å². The van der Waals surface area contributed by atoms with Crippen LogP contribution in [0.4, 0.5) is 18.9 Å². The van der Waals surface area contributed by atoms with Crippen LogP contribution in [0.2, 0.25) is 0 Å². The van der Waals surface area contributed by atoms with E-state index in [1.807, 2.05) is 6.92 Å². The van der Waals surface area contributed by atoms with E-state index in [1.165, 1.54) is 12.1 Å². The third-order valence-electron chi connectivity index (χ3n) is 2.79. The predicted octanol–water partition coefficient (Wildman–Crippen LogP) is 3.85. The predicted molar refractivity (Wildman–Crippen MR) is 70.4 cm³/mol. The molecule has 1 aromatic rings. The van der Waals surface area contributed by atoms with Gasteiger partial charge in [-0.15, -0.1) is 0 Å². The van der Waals surface area contributed by atoms with Gasteiger partial charge in [0.2, 0.25) is 0 Å². The zero-order chi connectivity index (χ0) is 15.2. The van der Waals surface area contributed by atoms with Crippen molar-refractivity contribution in [2.75, 3.05) is 11.9 Å². The first-order valence-electron chi connectivity index (χ1n) is 6.46. The zero-order valence-corrected chi connectivity index (χ0v) is 11.5. The topological polar surface area (TPSA) is 38.3 Å². The number of rotatable bonds is 6. The smallest absolute Gasteiger partial charge is 0.416 e. The minimum absolute atomic E-state index is 0.161. The van der Waals surface area contributed by atoms with Crippen molar-refractivity contribution >= 4 is 11.7 Å². The van der Waals surface area contributed by atoms with Crippen molar-refractivity contribution < 1.29 is 22.7 Å². The highest BCUT2D eigenvalue weighted by Crippen LogP contribution is 2.30. The fourth-order valence-electron chi connectivity index (χ4n) is 1.71. The largest absolute Gasteiger partial charge is 0.466 e. The van der Waals surface area contributed by atoms with E-state index in [0.717, 1.165) is 12.1 Å². The maximum absolute atomic E-state index is 12.4. The third-order valence-corrected chi connectivity index (χ3v) is 2.79. The van der Waals surface area contributed by atoms with Gasteiger partial charge in [-0.3, -0.25) is 4.79 Å². The molecule has 3 nitrogen and oxygen atoms in total. The molecule has 0 saturated heterocycles. The molecule has 0 bridgehead atoms. The molecule has 0 amide bonds. The van der Waals surface area contributed by atoms with Crippen molar-refractivity contribution in [3.8, 4) is 0 Å². The Balaban J connectivity index is 2.64.